The Morgan fingerprint density at radius 1 is 1.08 bits per heavy atom. The van der Waals surface area contributed by atoms with Crippen molar-refractivity contribution in [3.63, 3.8) is 0 Å². The van der Waals surface area contributed by atoms with Crippen LogP contribution < -0.4 is 10.6 Å². The van der Waals surface area contributed by atoms with E-state index < -0.39 is 0 Å². The fourth-order valence-corrected chi connectivity index (χ4v) is 2.81. The molecule has 6 heteroatoms. The van der Waals surface area contributed by atoms with Gasteiger partial charge >= 0.3 is 5.69 Å². The summed E-state index contributed by atoms with van der Waals surface area (Å²) in [5.41, 5.74) is 4.14. The number of nitrogens with zero attached hydrogens (tertiary/aromatic N) is 1. The van der Waals surface area contributed by atoms with E-state index in [9.17, 15) is 9.59 Å². The van der Waals surface area contributed by atoms with Gasteiger partial charge in [-0.1, -0.05) is 29.8 Å². The number of fused-ring (bicyclic) bond motifs is 1. The molecule has 3 rings (SSSR count). The van der Waals surface area contributed by atoms with Gasteiger partial charge in [-0.15, -0.1) is 0 Å². The minimum Gasteiger partial charge on any atom is -0.308 e. The molecule has 0 atom stereocenters. The number of anilines is 1. The molecule has 3 aromatic rings. The average molecular weight is 341 g/mol. The number of aryl methyl sites for hydroxylation is 1. The lowest BCUT2D eigenvalue weighted by molar-refractivity contribution is -0.118. The molecule has 124 valence electrons. The summed E-state index contributed by atoms with van der Waals surface area (Å²) in [5.74, 6) is 0.495. The summed E-state index contributed by atoms with van der Waals surface area (Å²) in [6.07, 6.45) is 0.358. The Bertz CT molecular complexity index is 912. The van der Waals surface area contributed by atoms with E-state index in [1.165, 1.54) is 5.56 Å². The summed E-state index contributed by atoms with van der Waals surface area (Å²) >= 11 is 4.17. The predicted octanol–water partition coefficient (Wildman–Crippen LogP) is 3.02. The van der Waals surface area contributed by atoms with Crippen molar-refractivity contribution in [3.8, 4) is 0 Å². The number of benzene rings is 2. The second-order valence-electron chi connectivity index (χ2n) is 5.75. The lowest BCUT2D eigenvalue weighted by Crippen LogP contribution is -2.30. The van der Waals surface area contributed by atoms with E-state index in [4.69, 9.17) is 0 Å². The summed E-state index contributed by atoms with van der Waals surface area (Å²) in [7, 11) is 0. The number of H-pyrrole nitrogens is 2. The molecular formula is C18H19N3O2S. The van der Waals surface area contributed by atoms with E-state index in [1.807, 2.05) is 43.3 Å². The summed E-state index contributed by atoms with van der Waals surface area (Å²) < 4.78 is 0. The first-order valence-electron chi connectivity index (χ1n) is 7.75. The van der Waals surface area contributed by atoms with Crippen LogP contribution in [0.15, 0.2) is 47.3 Å². The summed E-state index contributed by atoms with van der Waals surface area (Å²) in [4.78, 5) is 31.1. The molecule has 1 aromatic heterocycles. The van der Waals surface area contributed by atoms with Gasteiger partial charge in [-0.2, -0.15) is 12.6 Å². The van der Waals surface area contributed by atoms with Gasteiger partial charge in [0.15, 0.2) is 0 Å². The Kier molecular flexibility index (Phi) is 4.76. The number of hydrogen-bond donors (Lipinski definition) is 3. The largest absolute Gasteiger partial charge is 0.323 e. The number of carbonyl (C=O) groups excluding carboxylic acids is 1. The molecule has 0 radical (unpaired) electrons. The third kappa shape index (κ3) is 3.54. The second kappa shape index (κ2) is 6.97. The molecular weight excluding hydrogens is 322 g/mol. The van der Waals surface area contributed by atoms with Crippen molar-refractivity contribution in [1.29, 1.82) is 0 Å². The number of rotatable bonds is 5. The highest BCUT2D eigenvalue weighted by molar-refractivity contribution is 7.80. The highest BCUT2D eigenvalue weighted by atomic mass is 32.1. The number of amides is 1. The first-order chi connectivity index (χ1) is 11.6. The van der Waals surface area contributed by atoms with Crippen LogP contribution in [0.1, 0.15) is 17.5 Å². The molecule has 0 saturated carbocycles. The molecule has 0 bridgehead atoms. The molecule has 0 aliphatic heterocycles. The van der Waals surface area contributed by atoms with Crippen LogP contribution in [-0.2, 0) is 11.3 Å². The fraction of sp³-hybridized carbons (Fsp3) is 0.222. The van der Waals surface area contributed by atoms with Gasteiger partial charge in [-0.25, -0.2) is 4.79 Å². The highest BCUT2D eigenvalue weighted by Gasteiger charge is 2.16. The second-order valence-corrected chi connectivity index (χ2v) is 6.20. The number of thiol groups is 1. The Morgan fingerprint density at radius 2 is 1.79 bits per heavy atom. The maximum absolute atomic E-state index is 12.6. The van der Waals surface area contributed by atoms with Gasteiger partial charge in [0.1, 0.15) is 0 Å². The van der Waals surface area contributed by atoms with Crippen LogP contribution in [0.2, 0.25) is 0 Å². The maximum Gasteiger partial charge on any atom is 0.323 e. The van der Waals surface area contributed by atoms with Crippen molar-refractivity contribution in [2.75, 3.05) is 10.7 Å². The number of imidazole rings is 1. The number of aromatic nitrogens is 2. The van der Waals surface area contributed by atoms with Crippen molar-refractivity contribution >= 4 is 35.3 Å². The SMILES string of the molecule is Cc1ccc(CN(C(=O)CCS)c2ccc3[nH]c(=O)[nH]c3c2)cc1. The number of nitrogens with one attached hydrogen (secondary N) is 2. The van der Waals surface area contributed by atoms with Crippen LogP contribution in [0.4, 0.5) is 5.69 Å². The molecule has 0 aliphatic carbocycles. The molecule has 0 unspecified atom stereocenters. The average Bonchev–Trinajstić information content (AvgIpc) is 2.93. The predicted molar refractivity (Wildman–Crippen MR) is 99.8 cm³/mol. The molecule has 5 nitrogen and oxygen atoms in total. The number of carbonyl (C=O) groups is 1. The quantitative estimate of drug-likeness (QED) is 0.625. The third-order valence-electron chi connectivity index (χ3n) is 3.90. The summed E-state index contributed by atoms with van der Waals surface area (Å²) in [6.45, 7) is 2.51. The minimum atomic E-state index is -0.256. The molecule has 0 spiro atoms. The summed E-state index contributed by atoms with van der Waals surface area (Å²) in [5, 5.41) is 0. The van der Waals surface area contributed by atoms with Crippen molar-refractivity contribution in [3.05, 3.63) is 64.1 Å². The highest BCUT2D eigenvalue weighted by Crippen LogP contribution is 2.22. The third-order valence-corrected chi connectivity index (χ3v) is 4.12. The standard InChI is InChI=1S/C18H19N3O2S/c1-12-2-4-13(5-3-12)11-21(17(22)8-9-24)14-6-7-15-16(10-14)20-18(23)19-15/h2-7,10,24H,8-9,11H2,1H3,(H2,19,20,23). The smallest absolute Gasteiger partial charge is 0.308 e. The van der Waals surface area contributed by atoms with Crippen molar-refractivity contribution in [2.24, 2.45) is 0 Å². The first kappa shape index (κ1) is 16.4. The van der Waals surface area contributed by atoms with Gasteiger partial charge in [-0.3, -0.25) is 4.79 Å². The molecule has 0 fully saturated rings. The van der Waals surface area contributed by atoms with E-state index >= 15 is 0 Å². The molecule has 0 aliphatic rings. The first-order valence-corrected chi connectivity index (χ1v) is 8.39. The van der Waals surface area contributed by atoms with Crippen LogP contribution in [-0.4, -0.2) is 21.6 Å². The molecule has 2 aromatic carbocycles. The van der Waals surface area contributed by atoms with Gasteiger partial charge in [-0.05, 0) is 36.4 Å². The van der Waals surface area contributed by atoms with E-state index in [0.29, 0.717) is 24.2 Å². The monoisotopic (exact) mass is 341 g/mol. The Labute approximate surface area is 145 Å². The summed E-state index contributed by atoms with van der Waals surface area (Å²) in [6, 6.07) is 13.6. The Balaban J connectivity index is 1.96. The zero-order chi connectivity index (χ0) is 17.1. The van der Waals surface area contributed by atoms with E-state index in [-0.39, 0.29) is 11.6 Å². The van der Waals surface area contributed by atoms with E-state index in [2.05, 4.69) is 22.6 Å². The van der Waals surface area contributed by atoms with E-state index in [1.54, 1.807) is 11.0 Å². The van der Waals surface area contributed by atoms with Crippen LogP contribution in [0.3, 0.4) is 0 Å². The normalized spacial score (nSPS) is 10.9. The van der Waals surface area contributed by atoms with Crippen molar-refractivity contribution < 1.29 is 4.79 Å². The van der Waals surface area contributed by atoms with Crippen LogP contribution in [0.25, 0.3) is 11.0 Å². The Morgan fingerprint density at radius 3 is 2.50 bits per heavy atom. The molecule has 2 N–H and O–H groups in total. The van der Waals surface area contributed by atoms with Crippen LogP contribution >= 0.6 is 12.6 Å². The minimum absolute atomic E-state index is 0.00260. The topological polar surface area (TPSA) is 69.0 Å². The lowest BCUT2D eigenvalue weighted by atomic mass is 10.1. The molecule has 24 heavy (non-hydrogen) atoms. The van der Waals surface area contributed by atoms with Crippen LogP contribution in [0.5, 0.6) is 0 Å². The van der Waals surface area contributed by atoms with Gasteiger partial charge in [0.2, 0.25) is 5.91 Å². The van der Waals surface area contributed by atoms with Gasteiger partial charge in [0, 0.05) is 12.1 Å². The Hall–Kier alpha value is -2.47. The van der Waals surface area contributed by atoms with Gasteiger partial charge in [0.25, 0.3) is 0 Å². The van der Waals surface area contributed by atoms with Crippen LogP contribution in [0, 0.1) is 6.92 Å². The zero-order valence-electron chi connectivity index (χ0n) is 13.4. The zero-order valence-corrected chi connectivity index (χ0v) is 14.3. The van der Waals surface area contributed by atoms with Crippen molar-refractivity contribution in [1.82, 2.24) is 9.97 Å². The fourth-order valence-electron chi connectivity index (χ4n) is 2.62. The molecule has 1 heterocycles. The number of aromatic amines is 2. The van der Waals surface area contributed by atoms with Gasteiger partial charge < -0.3 is 14.9 Å². The van der Waals surface area contributed by atoms with Crippen molar-refractivity contribution in [2.45, 2.75) is 19.9 Å². The molecule has 1 amide bonds. The van der Waals surface area contributed by atoms with E-state index in [0.717, 1.165) is 16.8 Å². The maximum atomic E-state index is 12.6. The van der Waals surface area contributed by atoms with Gasteiger partial charge in [0.05, 0.1) is 17.6 Å². The lowest BCUT2D eigenvalue weighted by Gasteiger charge is -2.23. The molecule has 0 saturated heterocycles. The number of hydrogen-bond acceptors (Lipinski definition) is 3.